The number of nitrogens with one attached hydrogen (secondary N) is 3. The van der Waals surface area contributed by atoms with Crippen molar-refractivity contribution in [3.8, 4) is 0 Å². The highest BCUT2D eigenvalue weighted by atomic mass is 16.2. The number of aryl methyl sites for hydroxylation is 1. The van der Waals surface area contributed by atoms with E-state index in [4.69, 9.17) is 0 Å². The minimum absolute atomic E-state index is 0.205. The maximum atomic E-state index is 13.2. The van der Waals surface area contributed by atoms with Crippen molar-refractivity contribution in [3.05, 3.63) is 70.8 Å². The summed E-state index contributed by atoms with van der Waals surface area (Å²) < 4.78 is 0. The van der Waals surface area contributed by atoms with Crippen LogP contribution in [0.15, 0.2) is 48.5 Å². The number of carbonyl (C=O) groups excluding carboxylic acids is 5. The summed E-state index contributed by atoms with van der Waals surface area (Å²) in [7, 11) is 0. The summed E-state index contributed by atoms with van der Waals surface area (Å²) in [6.45, 7) is 5.53. The van der Waals surface area contributed by atoms with E-state index in [0.29, 0.717) is 37.8 Å². The molecule has 9 nitrogen and oxygen atoms in total. The van der Waals surface area contributed by atoms with Gasteiger partial charge in [0.2, 0.25) is 23.6 Å². The molecule has 3 N–H and O–H groups in total. The molecule has 1 fully saturated rings. The number of amides is 5. The first-order valence-corrected chi connectivity index (χ1v) is 13.0. The van der Waals surface area contributed by atoms with Gasteiger partial charge in [-0.15, -0.1) is 0 Å². The lowest BCUT2D eigenvalue weighted by Crippen LogP contribution is -2.52. The third kappa shape index (κ3) is 5.93. The van der Waals surface area contributed by atoms with Crippen LogP contribution < -0.4 is 16.0 Å². The van der Waals surface area contributed by atoms with E-state index >= 15 is 0 Å². The Kier molecular flexibility index (Phi) is 7.94. The first-order valence-electron chi connectivity index (χ1n) is 13.0. The molecule has 0 spiro atoms. The SMILES string of the molecule is CC(=O)N[C@@H](CCCc1cccc2c1CN(C1CCC(=O)NC1=O)C2=O)C(=O)NC(C)(C)c1ccccc1. The van der Waals surface area contributed by atoms with Gasteiger partial charge in [0.25, 0.3) is 5.91 Å². The molecule has 5 amide bonds. The van der Waals surface area contributed by atoms with Gasteiger partial charge in [-0.3, -0.25) is 29.3 Å². The quantitative estimate of drug-likeness (QED) is 0.440. The second-order valence-corrected chi connectivity index (χ2v) is 10.5. The number of hydrogen-bond acceptors (Lipinski definition) is 5. The van der Waals surface area contributed by atoms with Crippen LogP contribution in [-0.2, 0) is 37.7 Å². The molecule has 2 aliphatic heterocycles. The van der Waals surface area contributed by atoms with E-state index in [1.54, 1.807) is 6.07 Å². The summed E-state index contributed by atoms with van der Waals surface area (Å²) in [6, 6.07) is 13.8. The van der Waals surface area contributed by atoms with E-state index in [1.807, 2.05) is 56.3 Å². The normalized spacial score (nSPS) is 18.0. The molecule has 0 aliphatic carbocycles. The van der Waals surface area contributed by atoms with Crippen LogP contribution in [0, 0.1) is 0 Å². The summed E-state index contributed by atoms with van der Waals surface area (Å²) in [5, 5.41) is 8.15. The Labute approximate surface area is 222 Å². The first kappa shape index (κ1) is 27.0. The highest BCUT2D eigenvalue weighted by Crippen LogP contribution is 2.30. The van der Waals surface area contributed by atoms with Crippen LogP contribution in [-0.4, -0.2) is 46.5 Å². The number of benzene rings is 2. The highest BCUT2D eigenvalue weighted by molar-refractivity contribution is 6.05. The molecular formula is C29H34N4O5. The van der Waals surface area contributed by atoms with Crippen LogP contribution in [0.4, 0.5) is 0 Å². The van der Waals surface area contributed by atoms with E-state index in [2.05, 4.69) is 16.0 Å². The average molecular weight is 519 g/mol. The molecule has 0 radical (unpaired) electrons. The van der Waals surface area contributed by atoms with Crippen molar-refractivity contribution in [1.29, 1.82) is 0 Å². The fraction of sp³-hybridized carbons (Fsp3) is 0.414. The van der Waals surface area contributed by atoms with Gasteiger partial charge >= 0.3 is 0 Å². The van der Waals surface area contributed by atoms with Gasteiger partial charge in [-0.2, -0.15) is 0 Å². The Balaban J connectivity index is 1.41. The number of fused-ring (bicyclic) bond motifs is 1. The predicted molar refractivity (Wildman–Crippen MR) is 141 cm³/mol. The molecule has 38 heavy (non-hydrogen) atoms. The molecule has 9 heteroatoms. The van der Waals surface area contributed by atoms with Gasteiger partial charge in [-0.25, -0.2) is 0 Å². The molecule has 2 aromatic rings. The molecule has 0 bridgehead atoms. The molecule has 4 rings (SSSR count). The summed E-state index contributed by atoms with van der Waals surface area (Å²) in [5.74, 6) is -1.51. The summed E-state index contributed by atoms with van der Waals surface area (Å²) in [5.41, 5.74) is 2.74. The van der Waals surface area contributed by atoms with Crippen molar-refractivity contribution >= 4 is 29.5 Å². The number of piperidine rings is 1. The van der Waals surface area contributed by atoms with Crippen LogP contribution >= 0.6 is 0 Å². The number of rotatable bonds is 9. The lowest BCUT2D eigenvalue weighted by molar-refractivity contribution is -0.137. The van der Waals surface area contributed by atoms with Crippen molar-refractivity contribution in [2.75, 3.05) is 0 Å². The summed E-state index contributed by atoms with van der Waals surface area (Å²) in [4.78, 5) is 63.5. The van der Waals surface area contributed by atoms with E-state index in [1.165, 1.54) is 11.8 Å². The van der Waals surface area contributed by atoms with Crippen LogP contribution in [0.5, 0.6) is 0 Å². The molecule has 2 atom stereocenters. The number of carbonyl (C=O) groups is 5. The molecule has 2 aliphatic rings. The Bertz CT molecular complexity index is 1260. The van der Waals surface area contributed by atoms with Gasteiger partial charge < -0.3 is 15.5 Å². The molecule has 2 heterocycles. The van der Waals surface area contributed by atoms with Crippen molar-refractivity contribution in [3.63, 3.8) is 0 Å². The average Bonchev–Trinajstić information content (AvgIpc) is 3.20. The lowest BCUT2D eigenvalue weighted by atomic mass is 9.93. The minimum Gasteiger partial charge on any atom is -0.345 e. The van der Waals surface area contributed by atoms with Crippen LogP contribution in [0.2, 0.25) is 0 Å². The standard InChI is InChI=1S/C29H34N4O5/c1-18(34)30-23(26(36)32-29(2,3)20-11-5-4-6-12-20)14-8-10-19-9-7-13-21-22(19)17-33(28(21)38)24-15-16-25(35)31-27(24)37/h4-7,9,11-13,23-24H,8,10,14-17H2,1-3H3,(H,30,34)(H,32,36)(H,31,35,37)/t23-,24?/m0/s1. The molecule has 1 saturated heterocycles. The first-order chi connectivity index (χ1) is 18.1. The van der Waals surface area contributed by atoms with E-state index in [9.17, 15) is 24.0 Å². The molecule has 0 saturated carbocycles. The second-order valence-electron chi connectivity index (χ2n) is 10.5. The zero-order chi connectivity index (χ0) is 27.4. The maximum Gasteiger partial charge on any atom is 0.255 e. The van der Waals surface area contributed by atoms with Crippen molar-refractivity contribution in [2.24, 2.45) is 0 Å². The second kappa shape index (κ2) is 11.2. The van der Waals surface area contributed by atoms with E-state index in [0.717, 1.165) is 16.7 Å². The van der Waals surface area contributed by atoms with Gasteiger partial charge in [0.15, 0.2) is 0 Å². The molecule has 200 valence electrons. The maximum absolute atomic E-state index is 13.2. The largest absolute Gasteiger partial charge is 0.345 e. The van der Waals surface area contributed by atoms with Crippen molar-refractivity contribution in [1.82, 2.24) is 20.9 Å². The Morgan fingerprint density at radius 3 is 2.50 bits per heavy atom. The lowest BCUT2D eigenvalue weighted by Gasteiger charge is -2.29. The van der Waals surface area contributed by atoms with Gasteiger partial charge in [-0.1, -0.05) is 42.5 Å². The molecule has 0 aromatic heterocycles. The molecule has 1 unspecified atom stereocenters. The molecule has 2 aromatic carbocycles. The Hall–Kier alpha value is -4.01. The zero-order valence-electron chi connectivity index (χ0n) is 22.0. The van der Waals surface area contributed by atoms with E-state index < -0.39 is 23.5 Å². The molecular weight excluding hydrogens is 484 g/mol. The van der Waals surface area contributed by atoms with Crippen LogP contribution in [0.1, 0.15) is 73.5 Å². The fourth-order valence-corrected chi connectivity index (χ4v) is 5.22. The van der Waals surface area contributed by atoms with Gasteiger partial charge in [0.05, 0.1) is 5.54 Å². The van der Waals surface area contributed by atoms with Crippen LogP contribution in [0.25, 0.3) is 0 Å². The van der Waals surface area contributed by atoms with Crippen molar-refractivity contribution < 1.29 is 24.0 Å². The smallest absolute Gasteiger partial charge is 0.255 e. The fourth-order valence-electron chi connectivity index (χ4n) is 5.22. The van der Waals surface area contributed by atoms with Gasteiger partial charge in [0, 0.05) is 25.5 Å². The Morgan fingerprint density at radius 2 is 1.82 bits per heavy atom. The summed E-state index contributed by atoms with van der Waals surface area (Å²) >= 11 is 0. The third-order valence-electron chi connectivity index (χ3n) is 7.24. The number of nitrogens with zero attached hydrogens (tertiary/aromatic N) is 1. The van der Waals surface area contributed by atoms with Gasteiger partial charge in [-0.05, 0) is 62.3 Å². The van der Waals surface area contributed by atoms with E-state index in [-0.39, 0.29) is 30.0 Å². The van der Waals surface area contributed by atoms with Gasteiger partial charge in [0.1, 0.15) is 12.1 Å². The minimum atomic E-state index is -0.700. The zero-order valence-corrected chi connectivity index (χ0v) is 22.0. The third-order valence-corrected chi connectivity index (χ3v) is 7.24. The highest BCUT2D eigenvalue weighted by Gasteiger charge is 2.39. The number of hydrogen-bond donors (Lipinski definition) is 3. The summed E-state index contributed by atoms with van der Waals surface area (Å²) in [6.07, 6.45) is 2.15. The number of imide groups is 1. The monoisotopic (exact) mass is 518 g/mol. The van der Waals surface area contributed by atoms with Crippen LogP contribution in [0.3, 0.4) is 0 Å². The Morgan fingerprint density at radius 1 is 1.08 bits per heavy atom. The topological polar surface area (TPSA) is 125 Å². The predicted octanol–water partition coefficient (Wildman–Crippen LogP) is 2.33. The van der Waals surface area contributed by atoms with Crippen molar-refractivity contribution in [2.45, 2.75) is 77.0 Å².